The minimum atomic E-state index is -0.569. The van der Waals surface area contributed by atoms with Gasteiger partial charge in [0.1, 0.15) is 0 Å². The van der Waals surface area contributed by atoms with Crippen molar-refractivity contribution in [2.75, 3.05) is 6.54 Å². The number of nitrogens with one attached hydrogen (secondary N) is 2. The number of aliphatic hydroxyl groups excluding tert-OH is 1. The lowest BCUT2D eigenvalue weighted by Crippen LogP contribution is -2.51. The normalized spacial score (nSPS) is 15.0. The van der Waals surface area contributed by atoms with Gasteiger partial charge in [-0.05, 0) is 49.6 Å². The Morgan fingerprint density at radius 3 is 2.74 bits per heavy atom. The van der Waals surface area contributed by atoms with Gasteiger partial charge in [-0.1, -0.05) is 6.92 Å². The lowest BCUT2D eigenvalue weighted by molar-refractivity contribution is -0.124. The molecule has 0 saturated heterocycles. The summed E-state index contributed by atoms with van der Waals surface area (Å²) >= 11 is 1.55. The Morgan fingerprint density at radius 1 is 1.53 bits per heavy atom. The van der Waals surface area contributed by atoms with Gasteiger partial charge in [-0.3, -0.25) is 4.79 Å². The maximum Gasteiger partial charge on any atom is 0.237 e. The summed E-state index contributed by atoms with van der Waals surface area (Å²) in [6, 6.07) is 1.57. The Labute approximate surface area is 119 Å². The van der Waals surface area contributed by atoms with Crippen molar-refractivity contribution in [3.8, 4) is 0 Å². The molecular formula is C14H24N2O2S. The molecular weight excluding hydrogens is 260 g/mol. The molecule has 0 aromatic carbocycles. The van der Waals surface area contributed by atoms with Gasteiger partial charge in [0.05, 0.1) is 12.1 Å². The van der Waals surface area contributed by atoms with Crippen molar-refractivity contribution in [3.05, 3.63) is 22.4 Å². The maximum atomic E-state index is 12.0. The van der Waals surface area contributed by atoms with Crippen LogP contribution in [0, 0.1) is 0 Å². The highest BCUT2D eigenvalue weighted by Crippen LogP contribution is 2.15. The van der Waals surface area contributed by atoms with Crippen LogP contribution in [-0.4, -0.2) is 29.1 Å². The van der Waals surface area contributed by atoms with E-state index in [2.05, 4.69) is 10.6 Å². The van der Waals surface area contributed by atoms with E-state index in [1.807, 2.05) is 37.6 Å². The summed E-state index contributed by atoms with van der Waals surface area (Å²) in [6.45, 7) is 8.22. The number of carbonyl (C=O) groups is 1. The Hall–Kier alpha value is -0.910. The number of rotatable bonds is 7. The zero-order valence-electron chi connectivity index (χ0n) is 12.1. The molecule has 0 aliphatic rings. The highest BCUT2D eigenvalue weighted by Gasteiger charge is 2.22. The summed E-state index contributed by atoms with van der Waals surface area (Å²) < 4.78 is 0. The molecule has 2 unspecified atom stereocenters. The third kappa shape index (κ3) is 5.30. The van der Waals surface area contributed by atoms with Gasteiger partial charge in [0.2, 0.25) is 5.91 Å². The van der Waals surface area contributed by atoms with E-state index < -0.39 is 6.10 Å². The first-order chi connectivity index (χ1) is 8.85. The summed E-state index contributed by atoms with van der Waals surface area (Å²) in [7, 11) is 0. The van der Waals surface area contributed by atoms with Crippen molar-refractivity contribution < 1.29 is 9.90 Å². The van der Waals surface area contributed by atoms with E-state index in [1.165, 1.54) is 0 Å². The smallest absolute Gasteiger partial charge is 0.237 e. The summed E-state index contributed by atoms with van der Waals surface area (Å²) in [4.78, 5) is 12.0. The van der Waals surface area contributed by atoms with Crippen molar-refractivity contribution in [2.24, 2.45) is 0 Å². The fourth-order valence-corrected chi connectivity index (χ4v) is 2.20. The number of carbonyl (C=O) groups excluding carboxylic acids is 1. The van der Waals surface area contributed by atoms with Crippen LogP contribution in [0.15, 0.2) is 16.8 Å². The van der Waals surface area contributed by atoms with Gasteiger partial charge in [0.25, 0.3) is 0 Å². The highest BCUT2D eigenvalue weighted by atomic mass is 32.1. The third-order valence-corrected chi connectivity index (χ3v) is 3.99. The molecule has 4 nitrogen and oxygen atoms in total. The Morgan fingerprint density at radius 2 is 2.21 bits per heavy atom. The van der Waals surface area contributed by atoms with E-state index in [0.717, 1.165) is 12.0 Å². The van der Waals surface area contributed by atoms with Gasteiger partial charge in [-0.2, -0.15) is 11.3 Å². The molecule has 108 valence electrons. The van der Waals surface area contributed by atoms with E-state index >= 15 is 0 Å². The van der Waals surface area contributed by atoms with Crippen LogP contribution >= 0.6 is 11.3 Å². The molecule has 3 N–H and O–H groups in total. The average molecular weight is 284 g/mol. The first-order valence-electron chi connectivity index (χ1n) is 6.61. The molecule has 0 bridgehead atoms. The van der Waals surface area contributed by atoms with Crippen molar-refractivity contribution in [3.63, 3.8) is 0 Å². The quantitative estimate of drug-likeness (QED) is 0.718. The predicted molar refractivity (Wildman–Crippen MR) is 79.3 cm³/mol. The van der Waals surface area contributed by atoms with Crippen LogP contribution in [0.5, 0.6) is 0 Å². The molecule has 1 rings (SSSR count). The van der Waals surface area contributed by atoms with Gasteiger partial charge in [-0.25, -0.2) is 0 Å². The second kappa shape index (κ2) is 7.03. The first-order valence-corrected chi connectivity index (χ1v) is 7.55. The number of amides is 1. The van der Waals surface area contributed by atoms with Gasteiger partial charge in [0.15, 0.2) is 0 Å². The first kappa shape index (κ1) is 16.1. The zero-order chi connectivity index (χ0) is 14.5. The zero-order valence-corrected chi connectivity index (χ0v) is 12.9. The van der Waals surface area contributed by atoms with Crippen LogP contribution in [-0.2, 0) is 4.79 Å². The summed E-state index contributed by atoms with van der Waals surface area (Å²) in [5, 5.41) is 19.8. The number of thiophene rings is 1. The Bertz CT molecular complexity index is 390. The van der Waals surface area contributed by atoms with Crippen molar-refractivity contribution >= 4 is 17.2 Å². The topological polar surface area (TPSA) is 61.4 Å². The summed E-state index contributed by atoms with van der Waals surface area (Å²) in [5.74, 6) is -0.0376. The number of hydrogen-bond acceptors (Lipinski definition) is 4. The van der Waals surface area contributed by atoms with Gasteiger partial charge < -0.3 is 15.7 Å². The van der Waals surface area contributed by atoms with Crippen LogP contribution in [0.3, 0.4) is 0 Å². The van der Waals surface area contributed by atoms with Crippen LogP contribution in [0.25, 0.3) is 0 Å². The molecule has 0 aliphatic carbocycles. The van der Waals surface area contributed by atoms with E-state index in [1.54, 1.807) is 18.3 Å². The molecule has 0 spiro atoms. The molecule has 0 radical (unpaired) electrons. The van der Waals surface area contributed by atoms with E-state index in [-0.39, 0.29) is 17.5 Å². The van der Waals surface area contributed by atoms with E-state index in [4.69, 9.17) is 0 Å². The van der Waals surface area contributed by atoms with Crippen molar-refractivity contribution in [1.29, 1.82) is 0 Å². The lowest BCUT2D eigenvalue weighted by atomic mass is 10.0. The van der Waals surface area contributed by atoms with Crippen LogP contribution in [0.1, 0.15) is 45.8 Å². The second-order valence-corrected chi connectivity index (χ2v) is 6.21. The molecule has 1 amide bonds. The second-order valence-electron chi connectivity index (χ2n) is 5.43. The number of hydrogen-bond donors (Lipinski definition) is 3. The van der Waals surface area contributed by atoms with Crippen molar-refractivity contribution in [1.82, 2.24) is 10.6 Å². The maximum absolute atomic E-state index is 12.0. The largest absolute Gasteiger partial charge is 0.387 e. The van der Waals surface area contributed by atoms with Gasteiger partial charge in [0, 0.05) is 12.1 Å². The summed E-state index contributed by atoms with van der Waals surface area (Å²) in [5.41, 5.74) is 0.693. The fourth-order valence-electron chi connectivity index (χ4n) is 1.49. The molecule has 0 aliphatic heterocycles. The minimum absolute atomic E-state index is 0.0376. The standard InChI is InChI=1S/C14H24N2O2S/c1-5-14(3,4)16-13(18)10(2)15-8-12(17)11-6-7-19-9-11/h6-7,9-10,12,15,17H,5,8H2,1-4H3,(H,16,18). The van der Waals surface area contributed by atoms with Crippen LogP contribution < -0.4 is 10.6 Å². The molecule has 0 fully saturated rings. The van der Waals surface area contributed by atoms with E-state index in [9.17, 15) is 9.90 Å². The van der Waals surface area contributed by atoms with Gasteiger partial charge in [-0.15, -0.1) is 0 Å². The minimum Gasteiger partial charge on any atom is -0.387 e. The molecule has 2 atom stereocenters. The average Bonchev–Trinajstić information content (AvgIpc) is 2.88. The molecule has 0 saturated carbocycles. The van der Waals surface area contributed by atoms with Crippen LogP contribution in [0.2, 0.25) is 0 Å². The Balaban J connectivity index is 2.38. The monoisotopic (exact) mass is 284 g/mol. The molecule has 1 heterocycles. The lowest BCUT2D eigenvalue weighted by Gasteiger charge is -2.27. The SMILES string of the molecule is CCC(C)(C)NC(=O)C(C)NCC(O)c1ccsc1. The molecule has 19 heavy (non-hydrogen) atoms. The van der Waals surface area contributed by atoms with Crippen LogP contribution in [0.4, 0.5) is 0 Å². The van der Waals surface area contributed by atoms with Gasteiger partial charge >= 0.3 is 0 Å². The predicted octanol–water partition coefficient (Wildman–Crippen LogP) is 2.06. The van der Waals surface area contributed by atoms with E-state index in [0.29, 0.717) is 6.54 Å². The fraction of sp³-hybridized carbons (Fsp3) is 0.643. The number of aliphatic hydroxyl groups is 1. The third-order valence-electron chi connectivity index (χ3n) is 3.28. The Kier molecular flexibility index (Phi) is 5.97. The molecule has 1 aromatic heterocycles. The highest BCUT2D eigenvalue weighted by molar-refractivity contribution is 7.07. The molecule has 5 heteroatoms. The van der Waals surface area contributed by atoms with Crippen molar-refractivity contribution in [2.45, 2.75) is 51.8 Å². The summed E-state index contributed by atoms with van der Waals surface area (Å²) in [6.07, 6.45) is 0.309. The molecule has 1 aromatic rings.